The molecule has 2 atom stereocenters. The first-order valence-electron chi connectivity index (χ1n) is 7.73. The summed E-state index contributed by atoms with van der Waals surface area (Å²) in [6.07, 6.45) is 7.98. The summed E-state index contributed by atoms with van der Waals surface area (Å²) in [4.78, 5) is 0. The van der Waals surface area contributed by atoms with Crippen LogP contribution in [-0.2, 0) is 0 Å². The van der Waals surface area contributed by atoms with Crippen molar-refractivity contribution < 1.29 is 9.84 Å². The molecule has 2 unspecified atom stereocenters. The maximum atomic E-state index is 10.3. The van der Waals surface area contributed by atoms with Crippen molar-refractivity contribution in [3.8, 4) is 5.75 Å². The lowest BCUT2D eigenvalue weighted by molar-refractivity contribution is -0.163. The van der Waals surface area contributed by atoms with Gasteiger partial charge in [0.1, 0.15) is 11.9 Å². The highest BCUT2D eigenvalue weighted by atomic mass is 35.5. The molecule has 0 amide bonds. The van der Waals surface area contributed by atoms with E-state index in [4.69, 9.17) is 16.3 Å². The van der Waals surface area contributed by atoms with Crippen molar-refractivity contribution in [2.75, 3.05) is 0 Å². The monoisotopic (exact) mass is 294 g/mol. The molecule has 2 saturated carbocycles. The first kappa shape index (κ1) is 14.2. The van der Waals surface area contributed by atoms with Crippen LogP contribution in [0.2, 0.25) is 5.02 Å². The summed E-state index contributed by atoms with van der Waals surface area (Å²) in [6.45, 7) is 1.99. The highest BCUT2D eigenvalue weighted by Crippen LogP contribution is 2.52. The smallest absolute Gasteiger partial charge is 0.120 e. The van der Waals surface area contributed by atoms with Crippen LogP contribution in [0.25, 0.3) is 0 Å². The van der Waals surface area contributed by atoms with Crippen LogP contribution in [0.5, 0.6) is 5.75 Å². The van der Waals surface area contributed by atoms with Gasteiger partial charge in [0.15, 0.2) is 0 Å². The van der Waals surface area contributed by atoms with Crippen LogP contribution in [0.4, 0.5) is 0 Å². The highest BCUT2D eigenvalue weighted by molar-refractivity contribution is 6.31. The Balaban J connectivity index is 1.75. The van der Waals surface area contributed by atoms with Crippen LogP contribution in [-0.4, -0.2) is 17.3 Å². The van der Waals surface area contributed by atoms with Crippen LogP contribution in [0, 0.1) is 12.3 Å². The van der Waals surface area contributed by atoms with Crippen LogP contribution in [0.3, 0.4) is 0 Å². The van der Waals surface area contributed by atoms with E-state index in [-0.39, 0.29) is 17.6 Å². The molecule has 1 aromatic rings. The molecule has 1 spiro atoms. The molecule has 0 saturated heterocycles. The average molecular weight is 295 g/mol. The van der Waals surface area contributed by atoms with Crippen LogP contribution in [0.1, 0.15) is 50.5 Å². The van der Waals surface area contributed by atoms with Gasteiger partial charge in [-0.3, -0.25) is 0 Å². The lowest BCUT2D eigenvalue weighted by Gasteiger charge is -2.53. The minimum absolute atomic E-state index is 0.00401. The number of halogens is 1. The third-order valence-corrected chi connectivity index (χ3v) is 5.61. The SMILES string of the molecule is Cc1cc(OC2CC(O)C23CCCCCC3)ccc1Cl. The third-order valence-electron chi connectivity index (χ3n) is 5.18. The Morgan fingerprint density at radius 2 is 1.90 bits per heavy atom. The average Bonchev–Trinajstić information content (AvgIpc) is 2.70. The number of hydrogen-bond acceptors (Lipinski definition) is 2. The number of aliphatic hydroxyl groups is 1. The van der Waals surface area contributed by atoms with Gasteiger partial charge in [-0.25, -0.2) is 0 Å². The first-order valence-corrected chi connectivity index (χ1v) is 8.10. The standard InChI is InChI=1S/C17H23ClO2/c1-12-10-13(6-7-14(12)18)20-16-11-15(19)17(16)8-4-2-3-5-9-17/h6-7,10,15-16,19H,2-5,8-9,11H2,1H3. The second kappa shape index (κ2) is 5.57. The molecule has 0 aliphatic heterocycles. The van der Waals surface area contributed by atoms with Crippen LogP contribution < -0.4 is 4.74 Å². The lowest BCUT2D eigenvalue weighted by Crippen LogP contribution is -2.59. The maximum Gasteiger partial charge on any atom is 0.120 e. The van der Waals surface area contributed by atoms with Crippen molar-refractivity contribution in [2.24, 2.45) is 5.41 Å². The lowest BCUT2D eigenvalue weighted by atomic mass is 9.59. The Kier molecular flexibility index (Phi) is 3.96. The number of aryl methyl sites for hydroxylation is 1. The molecule has 3 heteroatoms. The zero-order valence-corrected chi connectivity index (χ0v) is 12.8. The quantitative estimate of drug-likeness (QED) is 0.870. The van der Waals surface area contributed by atoms with E-state index in [9.17, 15) is 5.11 Å². The number of aliphatic hydroxyl groups excluding tert-OH is 1. The molecule has 2 fully saturated rings. The minimum atomic E-state index is -0.181. The molecule has 1 N–H and O–H groups in total. The summed E-state index contributed by atoms with van der Waals surface area (Å²) in [5.74, 6) is 0.882. The Bertz CT molecular complexity index is 478. The zero-order valence-electron chi connectivity index (χ0n) is 12.1. The fraction of sp³-hybridized carbons (Fsp3) is 0.647. The zero-order chi connectivity index (χ0) is 14.2. The fourth-order valence-electron chi connectivity index (χ4n) is 3.79. The molecule has 2 aliphatic carbocycles. The molecule has 1 aromatic carbocycles. The summed E-state index contributed by atoms with van der Waals surface area (Å²) >= 11 is 6.06. The van der Waals surface area contributed by atoms with E-state index in [1.807, 2.05) is 25.1 Å². The molecule has 0 radical (unpaired) electrons. The normalized spacial score (nSPS) is 28.8. The molecule has 20 heavy (non-hydrogen) atoms. The van der Waals surface area contributed by atoms with E-state index >= 15 is 0 Å². The van der Waals surface area contributed by atoms with Gasteiger partial charge >= 0.3 is 0 Å². The second-order valence-electron chi connectivity index (χ2n) is 6.42. The molecule has 3 rings (SSSR count). The highest BCUT2D eigenvalue weighted by Gasteiger charge is 2.55. The van der Waals surface area contributed by atoms with Gasteiger partial charge in [0.05, 0.1) is 6.10 Å². The maximum absolute atomic E-state index is 10.3. The van der Waals surface area contributed by atoms with Gasteiger partial charge in [-0.05, 0) is 43.5 Å². The third kappa shape index (κ3) is 2.44. The second-order valence-corrected chi connectivity index (χ2v) is 6.82. The van der Waals surface area contributed by atoms with Gasteiger partial charge in [-0.15, -0.1) is 0 Å². The molecule has 0 bridgehead atoms. The minimum Gasteiger partial charge on any atom is -0.490 e. The largest absolute Gasteiger partial charge is 0.490 e. The van der Waals surface area contributed by atoms with Gasteiger partial charge in [0, 0.05) is 16.9 Å². The molecule has 2 nitrogen and oxygen atoms in total. The van der Waals surface area contributed by atoms with Gasteiger partial charge in [0.25, 0.3) is 0 Å². The van der Waals surface area contributed by atoms with E-state index in [1.165, 1.54) is 25.7 Å². The van der Waals surface area contributed by atoms with Crippen molar-refractivity contribution >= 4 is 11.6 Å². The van der Waals surface area contributed by atoms with E-state index in [1.54, 1.807) is 0 Å². The summed E-state index contributed by atoms with van der Waals surface area (Å²) in [5.41, 5.74) is 1.04. The number of rotatable bonds is 2. The van der Waals surface area contributed by atoms with Gasteiger partial charge in [-0.2, -0.15) is 0 Å². The summed E-state index contributed by atoms with van der Waals surface area (Å²) in [6, 6.07) is 5.82. The van der Waals surface area contributed by atoms with Crippen molar-refractivity contribution in [3.05, 3.63) is 28.8 Å². The summed E-state index contributed by atoms with van der Waals surface area (Å²) in [5, 5.41) is 11.1. The van der Waals surface area contributed by atoms with E-state index in [2.05, 4.69) is 0 Å². The molecule has 2 aliphatic rings. The summed E-state index contributed by atoms with van der Waals surface area (Å²) < 4.78 is 6.19. The van der Waals surface area contributed by atoms with Crippen LogP contribution >= 0.6 is 11.6 Å². The van der Waals surface area contributed by atoms with Gasteiger partial charge in [0.2, 0.25) is 0 Å². The van der Waals surface area contributed by atoms with E-state index < -0.39 is 0 Å². The Labute approximate surface area is 126 Å². The molecule has 0 aromatic heterocycles. The van der Waals surface area contributed by atoms with Crippen molar-refractivity contribution in [2.45, 2.75) is 64.1 Å². The predicted molar refractivity (Wildman–Crippen MR) is 81.4 cm³/mol. The molecule has 110 valence electrons. The Morgan fingerprint density at radius 1 is 1.20 bits per heavy atom. The van der Waals surface area contributed by atoms with Crippen molar-refractivity contribution in [1.82, 2.24) is 0 Å². The number of ether oxygens (including phenoxy) is 1. The van der Waals surface area contributed by atoms with E-state index in [0.29, 0.717) is 0 Å². The van der Waals surface area contributed by atoms with Crippen LogP contribution in [0.15, 0.2) is 18.2 Å². The topological polar surface area (TPSA) is 29.5 Å². The molecule has 0 heterocycles. The van der Waals surface area contributed by atoms with E-state index in [0.717, 1.165) is 35.6 Å². The van der Waals surface area contributed by atoms with Crippen molar-refractivity contribution in [3.63, 3.8) is 0 Å². The number of benzene rings is 1. The summed E-state index contributed by atoms with van der Waals surface area (Å²) in [7, 11) is 0. The Morgan fingerprint density at radius 3 is 2.50 bits per heavy atom. The Hall–Kier alpha value is -0.730. The van der Waals surface area contributed by atoms with Gasteiger partial charge < -0.3 is 9.84 Å². The number of hydrogen-bond donors (Lipinski definition) is 1. The predicted octanol–water partition coefficient (Wildman–Crippen LogP) is 4.50. The van der Waals surface area contributed by atoms with Gasteiger partial charge in [-0.1, -0.05) is 37.3 Å². The molecular weight excluding hydrogens is 272 g/mol. The molecular formula is C17H23ClO2. The fourth-order valence-corrected chi connectivity index (χ4v) is 3.91. The van der Waals surface area contributed by atoms with Crippen molar-refractivity contribution in [1.29, 1.82) is 0 Å². The first-order chi connectivity index (χ1) is 9.62.